The highest BCUT2D eigenvalue weighted by molar-refractivity contribution is 6.74. The lowest BCUT2D eigenvalue weighted by atomic mass is 10.7. The summed E-state index contributed by atoms with van der Waals surface area (Å²) in [6.07, 6.45) is 0. The normalized spacial score (nSPS) is 13.1. The summed E-state index contributed by atoms with van der Waals surface area (Å²) in [5.41, 5.74) is 0. The Labute approximate surface area is 72.3 Å². The van der Waals surface area contributed by atoms with Crippen molar-refractivity contribution in [3.05, 3.63) is 0 Å². The molecule has 68 valence electrons. The summed E-state index contributed by atoms with van der Waals surface area (Å²) in [7, 11) is 7.62. The van der Waals surface area contributed by atoms with E-state index >= 15 is 0 Å². The molecule has 0 aromatic carbocycles. The first-order valence-corrected chi connectivity index (χ1v) is 7.34. The second-order valence-electron chi connectivity index (χ2n) is 4.26. The molecule has 0 saturated heterocycles. The van der Waals surface area contributed by atoms with Gasteiger partial charge in [-0.2, -0.15) is 0 Å². The Balaban J connectivity index is 3.73. The highest BCUT2D eigenvalue weighted by atomic mass is 28.3. The molecule has 0 aromatic heterocycles. The van der Waals surface area contributed by atoms with Gasteiger partial charge in [0.25, 0.3) is 0 Å². The van der Waals surface area contributed by atoms with Crippen LogP contribution >= 0.6 is 0 Å². The summed E-state index contributed by atoms with van der Waals surface area (Å²) in [5, 5.41) is 0. The average molecular weight is 174 g/mol. The Morgan fingerprint density at radius 2 is 1.45 bits per heavy atom. The Morgan fingerprint density at radius 3 is 1.73 bits per heavy atom. The van der Waals surface area contributed by atoms with E-state index in [-0.39, 0.29) is 0 Å². The third-order valence-electron chi connectivity index (χ3n) is 2.38. The molecule has 0 rings (SSSR count). The van der Waals surface area contributed by atoms with E-state index in [1.807, 2.05) is 0 Å². The van der Waals surface area contributed by atoms with Crippen LogP contribution in [0.4, 0.5) is 0 Å². The molecule has 0 unspecified atom stereocenters. The van der Waals surface area contributed by atoms with Crippen molar-refractivity contribution in [2.24, 2.45) is 0 Å². The first kappa shape index (κ1) is 11.1. The third kappa shape index (κ3) is 4.56. The summed E-state index contributed by atoms with van der Waals surface area (Å²) < 4.78 is 2.41. The molecule has 0 aliphatic heterocycles. The van der Waals surface area contributed by atoms with Gasteiger partial charge in [-0.25, -0.2) is 0 Å². The van der Waals surface area contributed by atoms with Crippen molar-refractivity contribution in [2.75, 3.05) is 34.7 Å². The average Bonchev–Trinajstić information content (AvgIpc) is 1.84. The molecule has 0 aliphatic rings. The van der Waals surface area contributed by atoms with Gasteiger partial charge in [0, 0.05) is 0 Å². The zero-order valence-electron chi connectivity index (χ0n) is 8.81. The van der Waals surface area contributed by atoms with Crippen molar-refractivity contribution in [2.45, 2.75) is 19.1 Å². The third-order valence-corrected chi connectivity index (χ3v) is 6.25. The van der Waals surface area contributed by atoms with E-state index in [9.17, 15) is 0 Å². The van der Waals surface area contributed by atoms with Gasteiger partial charge < -0.3 is 9.47 Å². The molecule has 11 heavy (non-hydrogen) atoms. The minimum absolute atomic E-state index is 1.05. The van der Waals surface area contributed by atoms with Crippen LogP contribution in [0.3, 0.4) is 0 Å². The maximum atomic E-state index is 2.41. The van der Waals surface area contributed by atoms with Gasteiger partial charge in [0.15, 0.2) is 0 Å². The highest BCUT2D eigenvalue weighted by Crippen LogP contribution is 2.11. The van der Waals surface area contributed by atoms with E-state index in [2.05, 4.69) is 50.8 Å². The standard InChI is InChI=1S/C8H22N2Si/c1-9(2)7-8-11(5,6)10(3)4/h7-8H2,1-6H3. The first-order chi connectivity index (χ1) is 4.86. The van der Waals surface area contributed by atoms with Crippen molar-refractivity contribution >= 4 is 8.24 Å². The monoisotopic (exact) mass is 174 g/mol. The van der Waals surface area contributed by atoms with Crippen LogP contribution in [-0.2, 0) is 0 Å². The van der Waals surface area contributed by atoms with Gasteiger partial charge >= 0.3 is 0 Å². The molecule has 0 spiro atoms. The summed E-state index contributed by atoms with van der Waals surface area (Å²) in [4.78, 5) is 2.26. The van der Waals surface area contributed by atoms with Crippen LogP contribution in [0, 0.1) is 0 Å². The van der Waals surface area contributed by atoms with Gasteiger partial charge in [-0.1, -0.05) is 13.1 Å². The van der Waals surface area contributed by atoms with E-state index in [1.165, 1.54) is 12.6 Å². The maximum Gasteiger partial charge on any atom is 0.122 e. The Kier molecular flexibility index (Phi) is 4.29. The van der Waals surface area contributed by atoms with Crippen molar-refractivity contribution < 1.29 is 0 Å². The maximum absolute atomic E-state index is 2.41. The molecule has 0 bridgehead atoms. The molecule has 0 radical (unpaired) electrons. The molecule has 2 nitrogen and oxygen atoms in total. The lowest BCUT2D eigenvalue weighted by Crippen LogP contribution is -2.45. The molecule has 0 heterocycles. The zero-order chi connectivity index (χ0) is 9.07. The fourth-order valence-electron chi connectivity index (χ4n) is 0.721. The van der Waals surface area contributed by atoms with Crippen molar-refractivity contribution in [1.29, 1.82) is 0 Å². The van der Waals surface area contributed by atoms with E-state index in [1.54, 1.807) is 0 Å². The van der Waals surface area contributed by atoms with E-state index in [0.717, 1.165) is 0 Å². The van der Waals surface area contributed by atoms with Gasteiger partial charge in [0.1, 0.15) is 8.24 Å². The Morgan fingerprint density at radius 1 is 1.00 bits per heavy atom. The van der Waals surface area contributed by atoms with Gasteiger partial charge in [0.2, 0.25) is 0 Å². The van der Waals surface area contributed by atoms with E-state index in [0.29, 0.717) is 0 Å². The van der Waals surface area contributed by atoms with Crippen molar-refractivity contribution in [1.82, 2.24) is 9.47 Å². The summed E-state index contributed by atoms with van der Waals surface area (Å²) in [5.74, 6) is 0. The molecular formula is C8H22N2Si. The van der Waals surface area contributed by atoms with Crippen LogP contribution < -0.4 is 0 Å². The summed E-state index contributed by atoms with van der Waals surface area (Å²) in [6, 6.07) is 1.35. The number of rotatable bonds is 4. The molecule has 0 atom stereocenters. The Hall–Kier alpha value is 0.137. The second kappa shape index (κ2) is 4.23. The van der Waals surface area contributed by atoms with Crippen LogP contribution in [0.1, 0.15) is 0 Å². The predicted octanol–water partition coefficient (Wildman–Crippen LogP) is 1.31. The largest absolute Gasteiger partial charge is 0.329 e. The minimum atomic E-state index is -1.05. The van der Waals surface area contributed by atoms with Crippen molar-refractivity contribution in [3.8, 4) is 0 Å². The molecular weight excluding hydrogens is 152 g/mol. The van der Waals surface area contributed by atoms with Crippen LogP contribution in [0.5, 0.6) is 0 Å². The van der Waals surface area contributed by atoms with Crippen LogP contribution in [0.15, 0.2) is 0 Å². The molecule has 0 amide bonds. The highest BCUT2D eigenvalue weighted by Gasteiger charge is 2.22. The molecule has 0 aromatic rings. The van der Waals surface area contributed by atoms with Gasteiger partial charge in [-0.3, -0.25) is 0 Å². The summed E-state index contributed by atoms with van der Waals surface area (Å²) >= 11 is 0. The van der Waals surface area contributed by atoms with Crippen molar-refractivity contribution in [3.63, 3.8) is 0 Å². The van der Waals surface area contributed by atoms with E-state index in [4.69, 9.17) is 0 Å². The van der Waals surface area contributed by atoms with Crippen LogP contribution in [-0.4, -0.2) is 52.4 Å². The lowest BCUT2D eigenvalue weighted by Gasteiger charge is -2.31. The van der Waals surface area contributed by atoms with Crippen LogP contribution in [0.25, 0.3) is 0 Å². The number of hydrogen-bond acceptors (Lipinski definition) is 2. The predicted molar refractivity (Wildman–Crippen MR) is 54.5 cm³/mol. The first-order valence-electron chi connectivity index (χ1n) is 4.18. The molecule has 0 fully saturated rings. The quantitative estimate of drug-likeness (QED) is 0.593. The smallest absolute Gasteiger partial charge is 0.122 e. The van der Waals surface area contributed by atoms with Crippen LogP contribution in [0.2, 0.25) is 19.1 Å². The van der Waals surface area contributed by atoms with Gasteiger partial charge in [-0.15, -0.1) is 0 Å². The minimum Gasteiger partial charge on any atom is -0.329 e. The zero-order valence-corrected chi connectivity index (χ0v) is 9.81. The second-order valence-corrected chi connectivity index (χ2v) is 9.28. The van der Waals surface area contributed by atoms with Gasteiger partial charge in [0.05, 0.1) is 0 Å². The topological polar surface area (TPSA) is 6.48 Å². The fraction of sp³-hybridized carbons (Fsp3) is 1.00. The molecule has 0 N–H and O–H groups in total. The van der Waals surface area contributed by atoms with Gasteiger partial charge in [-0.05, 0) is 40.8 Å². The Bertz CT molecular complexity index is 111. The fourth-order valence-corrected chi connectivity index (χ4v) is 2.16. The summed E-state index contributed by atoms with van der Waals surface area (Å²) in [6.45, 7) is 6.05. The molecule has 3 heteroatoms. The lowest BCUT2D eigenvalue weighted by molar-refractivity contribution is 0.425. The molecule has 0 aliphatic carbocycles. The number of hydrogen-bond donors (Lipinski definition) is 0. The SMILES string of the molecule is CN(C)CC[Si](C)(C)N(C)C. The van der Waals surface area contributed by atoms with E-state index < -0.39 is 8.24 Å². The number of nitrogens with zero attached hydrogens (tertiary/aromatic N) is 2. The molecule has 0 saturated carbocycles.